The molecule has 2 aliphatic rings. The zero-order valence-corrected chi connectivity index (χ0v) is 32.0. The maximum Gasteiger partial charge on any atom is 0.291 e. The zero-order chi connectivity index (χ0) is 39.6. The van der Waals surface area contributed by atoms with Crippen LogP contribution in [0.15, 0.2) is 42.7 Å². The van der Waals surface area contributed by atoms with E-state index < -0.39 is 17.5 Å². The van der Waals surface area contributed by atoms with Crippen molar-refractivity contribution in [1.29, 1.82) is 0 Å². The largest absolute Gasteiger partial charge is 0.383 e. The molecule has 0 spiro atoms. The Balaban J connectivity index is 1.06. The number of carbonyl (C=O) groups excluding carboxylic acids is 4. The lowest BCUT2D eigenvalue weighted by molar-refractivity contribution is -0.907. The van der Waals surface area contributed by atoms with Gasteiger partial charge in [-0.3, -0.25) is 23.9 Å². The summed E-state index contributed by atoms with van der Waals surface area (Å²) in [5, 5.41) is 7.19. The highest BCUT2D eigenvalue weighted by Crippen LogP contribution is 2.33. The van der Waals surface area contributed by atoms with Crippen molar-refractivity contribution in [3.05, 3.63) is 76.5 Å². The Bertz CT molecular complexity index is 2120. The van der Waals surface area contributed by atoms with Crippen molar-refractivity contribution in [3.8, 4) is 22.4 Å². The first-order valence-corrected chi connectivity index (χ1v) is 18.4. The fourth-order valence-corrected chi connectivity index (χ4v) is 7.65. The number of piperidine rings is 1. The number of primary amides is 1. The number of ether oxygens (including phenoxy) is 1. The van der Waals surface area contributed by atoms with E-state index in [2.05, 4.69) is 15.4 Å². The molecule has 292 valence electrons. The van der Waals surface area contributed by atoms with Crippen molar-refractivity contribution >= 4 is 40.9 Å². The van der Waals surface area contributed by atoms with Gasteiger partial charge in [0.2, 0.25) is 5.91 Å². The van der Waals surface area contributed by atoms with Crippen LogP contribution in [-0.4, -0.2) is 124 Å². The molecule has 0 radical (unpaired) electrons. The van der Waals surface area contributed by atoms with Crippen LogP contribution in [0.5, 0.6) is 0 Å². The molecule has 4 aromatic rings. The van der Waals surface area contributed by atoms with Crippen LogP contribution in [0.4, 0.5) is 14.5 Å². The van der Waals surface area contributed by atoms with E-state index in [-0.39, 0.29) is 63.4 Å². The van der Waals surface area contributed by atoms with E-state index in [9.17, 15) is 19.2 Å². The average Bonchev–Trinajstić information content (AvgIpc) is 3.72. The molecule has 3 N–H and O–H groups in total. The van der Waals surface area contributed by atoms with Crippen LogP contribution >= 0.6 is 11.6 Å². The summed E-state index contributed by atoms with van der Waals surface area (Å²) in [5.41, 5.74) is 7.10. The van der Waals surface area contributed by atoms with Crippen LogP contribution in [-0.2, 0) is 27.9 Å². The third kappa shape index (κ3) is 8.40. The van der Waals surface area contributed by atoms with Gasteiger partial charge in [-0.15, -0.1) is 0 Å². The first-order chi connectivity index (χ1) is 26.2. The van der Waals surface area contributed by atoms with Gasteiger partial charge in [-0.05, 0) is 31.2 Å². The lowest BCUT2D eigenvalue weighted by Gasteiger charge is -2.41. The lowest BCUT2D eigenvalue weighted by atomic mass is 9.93. The van der Waals surface area contributed by atoms with Crippen LogP contribution in [0.2, 0.25) is 5.02 Å². The number of carbonyl (C=O) groups is 4. The first-order valence-electron chi connectivity index (χ1n) is 18.0. The Labute approximate surface area is 322 Å². The average molecular weight is 781 g/mol. The van der Waals surface area contributed by atoms with Gasteiger partial charge in [0.1, 0.15) is 0 Å². The SMILES string of the molecule is COCCn1cc(-c2ccc(-c3cnc(C(=O)Nc4ccc(C(=O)N5CCN(C(=O)[C@H]6CC[N@@+](C)(CC(N)=O)CC6)CC5)c(Cl)c4)n3C)c(F)c2F)c(C)n1. The number of imidazole rings is 1. The Kier molecular flexibility index (Phi) is 11.7. The summed E-state index contributed by atoms with van der Waals surface area (Å²) in [7, 11) is 5.07. The highest BCUT2D eigenvalue weighted by Gasteiger charge is 2.37. The molecule has 2 aromatic heterocycles. The zero-order valence-electron chi connectivity index (χ0n) is 31.3. The number of likely N-dealkylation sites (tertiary alicyclic amines) is 1. The summed E-state index contributed by atoms with van der Waals surface area (Å²) < 4.78 is 39.6. The fourth-order valence-electron chi connectivity index (χ4n) is 7.39. The summed E-state index contributed by atoms with van der Waals surface area (Å²) in [6.45, 7) is 5.73. The lowest BCUT2D eigenvalue weighted by Crippen LogP contribution is -2.57. The third-order valence-corrected chi connectivity index (χ3v) is 10.9. The minimum Gasteiger partial charge on any atom is -0.383 e. The van der Waals surface area contributed by atoms with Gasteiger partial charge >= 0.3 is 0 Å². The van der Waals surface area contributed by atoms with Crippen LogP contribution in [0.3, 0.4) is 0 Å². The second-order valence-corrected chi connectivity index (χ2v) is 14.8. The van der Waals surface area contributed by atoms with Crippen LogP contribution in [0.25, 0.3) is 22.4 Å². The van der Waals surface area contributed by atoms with E-state index in [4.69, 9.17) is 22.1 Å². The number of rotatable bonds is 11. The molecule has 4 amide bonds. The molecule has 0 saturated carbocycles. The van der Waals surface area contributed by atoms with Gasteiger partial charge in [0.05, 0.1) is 61.5 Å². The van der Waals surface area contributed by atoms with Crippen molar-refractivity contribution in [2.75, 3.05) is 71.9 Å². The summed E-state index contributed by atoms with van der Waals surface area (Å²) in [6.07, 6.45) is 4.29. The molecule has 4 heterocycles. The van der Waals surface area contributed by atoms with Gasteiger partial charge in [0.15, 0.2) is 24.0 Å². The number of hydrogen-bond donors (Lipinski definition) is 2. The number of methoxy groups -OCH3 is 1. The van der Waals surface area contributed by atoms with E-state index in [1.165, 1.54) is 42.1 Å². The van der Waals surface area contributed by atoms with Gasteiger partial charge in [0, 0.05) is 87.7 Å². The standard InChI is InChI=1S/C38H44ClF2N9O5/c1-23-29(21-49(45-23)15-18-55-4)26-7-8-28(34(41)33(26)40)31-20-43-35(46(31)2)36(52)44-25-5-6-27(30(39)19-25)38(54)48-13-11-47(12-14-48)37(53)24-9-16-50(3,17-10-24)22-32(42)51/h5-8,19-21,24H,9-18,22H2,1-4H3,(H2-,42,44,51,52,54)/p+1/t24-,50+. The van der Waals surface area contributed by atoms with E-state index in [1.54, 1.807) is 40.8 Å². The van der Waals surface area contributed by atoms with Crippen LogP contribution in [0.1, 0.15) is 39.5 Å². The molecule has 2 aliphatic heterocycles. The molecule has 0 bridgehead atoms. The van der Waals surface area contributed by atoms with Gasteiger partial charge in [-0.25, -0.2) is 13.8 Å². The number of likely N-dealkylation sites (N-methyl/N-ethyl adjacent to an activating group) is 1. The van der Waals surface area contributed by atoms with Crippen molar-refractivity contribution in [2.24, 2.45) is 18.7 Å². The number of nitrogens with one attached hydrogen (secondary N) is 1. The summed E-state index contributed by atoms with van der Waals surface area (Å²) in [4.78, 5) is 59.0. The van der Waals surface area contributed by atoms with Crippen LogP contribution in [0, 0.1) is 24.5 Å². The summed E-state index contributed by atoms with van der Waals surface area (Å²) >= 11 is 6.54. The first kappa shape index (κ1) is 39.5. The number of piperazine rings is 1. The van der Waals surface area contributed by atoms with Gasteiger partial charge in [0.25, 0.3) is 17.7 Å². The second kappa shape index (κ2) is 16.3. The Morgan fingerprint density at radius 2 is 1.65 bits per heavy atom. The van der Waals surface area contributed by atoms with Crippen molar-refractivity contribution in [3.63, 3.8) is 0 Å². The van der Waals surface area contributed by atoms with Gasteiger partial charge < -0.3 is 34.6 Å². The molecule has 17 heteroatoms. The predicted octanol–water partition coefficient (Wildman–Crippen LogP) is 3.72. The number of aryl methyl sites for hydroxylation is 1. The molecule has 14 nitrogen and oxygen atoms in total. The third-order valence-electron chi connectivity index (χ3n) is 10.6. The maximum absolute atomic E-state index is 15.5. The molecule has 0 unspecified atom stereocenters. The number of nitrogens with two attached hydrogens (primary N) is 1. The van der Waals surface area contributed by atoms with Crippen molar-refractivity contribution < 1.29 is 37.2 Å². The topological polar surface area (TPSA) is 158 Å². The van der Waals surface area contributed by atoms with Crippen molar-refractivity contribution in [2.45, 2.75) is 26.3 Å². The van der Waals surface area contributed by atoms with E-state index in [1.807, 2.05) is 7.05 Å². The fraction of sp³-hybridized carbons (Fsp3) is 0.421. The molecule has 2 aromatic carbocycles. The monoisotopic (exact) mass is 780 g/mol. The number of benzene rings is 2. The second-order valence-electron chi connectivity index (χ2n) is 14.4. The Morgan fingerprint density at radius 3 is 2.31 bits per heavy atom. The normalized spacial score (nSPS) is 18.7. The number of aromatic nitrogens is 4. The maximum atomic E-state index is 15.5. The van der Waals surface area contributed by atoms with Crippen LogP contribution < -0.4 is 11.1 Å². The summed E-state index contributed by atoms with van der Waals surface area (Å²) in [5.74, 6) is -3.53. The summed E-state index contributed by atoms with van der Waals surface area (Å²) in [6, 6.07) is 7.43. The van der Waals surface area contributed by atoms with Crippen molar-refractivity contribution in [1.82, 2.24) is 29.1 Å². The number of halogens is 3. The number of nitrogens with zero attached hydrogens (tertiary/aromatic N) is 7. The minimum atomic E-state index is -1.09. The minimum absolute atomic E-state index is 0.0563. The van der Waals surface area contributed by atoms with E-state index in [0.29, 0.717) is 86.7 Å². The predicted molar refractivity (Wildman–Crippen MR) is 201 cm³/mol. The molecule has 0 atom stereocenters. The molecule has 6 rings (SSSR count). The molecular formula is C38H45ClF2N9O5+. The molecule has 2 fully saturated rings. The molecule has 0 aliphatic carbocycles. The molecule has 2 saturated heterocycles. The number of amides is 4. The number of quaternary nitrogens is 1. The highest BCUT2D eigenvalue weighted by molar-refractivity contribution is 6.34. The highest BCUT2D eigenvalue weighted by atomic mass is 35.5. The number of hydrogen-bond acceptors (Lipinski definition) is 7. The van der Waals surface area contributed by atoms with Gasteiger partial charge in [-0.2, -0.15) is 5.10 Å². The quantitative estimate of drug-likeness (QED) is 0.220. The Morgan fingerprint density at radius 1 is 1.00 bits per heavy atom. The van der Waals surface area contributed by atoms with E-state index in [0.717, 1.165) is 0 Å². The van der Waals surface area contributed by atoms with E-state index >= 15 is 8.78 Å². The Hall–Kier alpha value is -5.19. The molecular weight excluding hydrogens is 736 g/mol. The molecule has 55 heavy (non-hydrogen) atoms. The van der Waals surface area contributed by atoms with Gasteiger partial charge in [-0.1, -0.05) is 17.7 Å². The smallest absolute Gasteiger partial charge is 0.291 e. The number of anilines is 1.